The lowest BCUT2D eigenvalue weighted by molar-refractivity contribution is 0.0940. The molecule has 2 heterocycles. The lowest BCUT2D eigenvalue weighted by Crippen LogP contribution is -2.26. The fourth-order valence-electron chi connectivity index (χ4n) is 3.24. The summed E-state index contributed by atoms with van der Waals surface area (Å²) in [7, 11) is -3.27. The Kier molecular flexibility index (Phi) is 5.21. The predicted molar refractivity (Wildman–Crippen MR) is 110 cm³/mol. The van der Waals surface area contributed by atoms with Crippen LogP contribution >= 0.6 is 0 Å². The average Bonchev–Trinajstić information content (AvgIpc) is 3.23. The fraction of sp³-hybridized carbons (Fsp3) is 0.238. The van der Waals surface area contributed by atoms with Crippen LogP contribution in [0.2, 0.25) is 0 Å². The van der Waals surface area contributed by atoms with Gasteiger partial charge in [-0.05, 0) is 42.8 Å². The molecule has 9 heteroatoms. The van der Waals surface area contributed by atoms with Crippen LogP contribution in [0, 0.1) is 0 Å². The van der Waals surface area contributed by atoms with Crippen molar-refractivity contribution in [2.24, 2.45) is 0 Å². The van der Waals surface area contributed by atoms with E-state index in [9.17, 15) is 13.2 Å². The normalized spacial score (nSPS) is 14.2. The predicted octanol–water partition coefficient (Wildman–Crippen LogP) is 2.74. The van der Waals surface area contributed by atoms with Gasteiger partial charge in [-0.25, -0.2) is 8.42 Å². The maximum Gasteiger partial charge on any atom is 0.255 e. The van der Waals surface area contributed by atoms with E-state index >= 15 is 0 Å². The van der Waals surface area contributed by atoms with Crippen LogP contribution in [0.5, 0.6) is 11.5 Å². The summed E-state index contributed by atoms with van der Waals surface area (Å²) in [6, 6.07) is 11.6. The number of nitrogens with zero attached hydrogens (tertiary/aromatic N) is 1. The van der Waals surface area contributed by atoms with E-state index in [4.69, 9.17) is 9.47 Å². The molecule has 4 rings (SSSR count). The zero-order valence-corrected chi connectivity index (χ0v) is 17.3. The van der Waals surface area contributed by atoms with Crippen LogP contribution in [-0.2, 0) is 9.84 Å². The summed E-state index contributed by atoms with van der Waals surface area (Å²) in [6.45, 7) is 2.81. The van der Waals surface area contributed by atoms with E-state index in [1.54, 1.807) is 18.2 Å². The summed E-state index contributed by atoms with van der Waals surface area (Å²) in [5.74, 6) is 0.994. The summed E-state index contributed by atoms with van der Waals surface area (Å²) in [4.78, 5) is 13.1. The van der Waals surface area contributed by atoms with Crippen LogP contribution in [0.4, 0.5) is 0 Å². The molecule has 0 bridgehead atoms. The van der Waals surface area contributed by atoms with Gasteiger partial charge in [0.25, 0.3) is 5.91 Å². The fourth-order valence-corrected chi connectivity index (χ4v) is 3.87. The Labute approximate surface area is 174 Å². The largest absolute Gasteiger partial charge is 0.486 e. The summed E-state index contributed by atoms with van der Waals surface area (Å²) in [5, 5.41) is 9.82. The monoisotopic (exact) mass is 427 g/mol. The van der Waals surface area contributed by atoms with E-state index < -0.39 is 9.84 Å². The minimum atomic E-state index is -3.27. The van der Waals surface area contributed by atoms with Crippen LogP contribution in [0.25, 0.3) is 11.3 Å². The zero-order chi connectivity index (χ0) is 21.3. The highest BCUT2D eigenvalue weighted by Crippen LogP contribution is 2.35. The molecule has 1 aliphatic rings. The SMILES string of the molecule is C[C@H](NC(=O)c1cn[nH]c1-c1ccc2c(c1)OCCO2)c1ccc(S(C)(=O)=O)cc1. The summed E-state index contributed by atoms with van der Waals surface area (Å²) in [6.07, 6.45) is 2.63. The Hall–Kier alpha value is -3.33. The van der Waals surface area contributed by atoms with E-state index in [1.807, 2.05) is 19.1 Å². The molecular weight excluding hydrogens is 406 g/mol. The van der Waals surface area contributed by atoms with Crippen LogP contribution in [-0.4, -0.2) is 44.0 Å². The zero-order valence-electron chi connectivity index (χ0n) is 16.5. The highest BCUT2D eigenvalue weighted by Gasteiger charge is 2.20. The van der Waals surface area contributed by atoms with E-state index in [0.717, 1.165) is 17.4 Å². The third-order valence-corrected chi connectivity index (χ3v) is 6.00. The van der Waals surface area contributed by atoms with Gasteiger partial charge in [-0.1, -0.05) is 12.1 Å². The highest BCUT2D eigenvalue weighted by molar-refractivity contribution is 7.90. The van der Waals surface area contributed by atoms with Crippen LogP contribution in [0.15, 0.2) is 53.6 Å². The molecule has 0 unspecified atom stereocenters. The summed E-state index contributed by atoms with van der Waals surface area (Å²) < 4.78 is 34.4. The van der Waals surface area contributed by atoms with Gasteiger partial charge < -0.3 is 14.8 Å². The Morgan fingerprint density at radius 3 is 2.50 bits per heavy atom. The third kappa shape index (κ3) is 4.02. The number of carbonyl (C=O) groups is 1. The van der Waals surface area contributed by atoms with Gasteiger partial charge >= 0.3 is 0 Å². The van der Waals surface area contributed by atoms with Crippen molar-refractivity contribution in [3.8, 4) is 22.8 Å². The van der Waals surface area contributed by atoms with Gasteiger partial charge in [0.2, 0.25) is 0 Å². The van der Waals surface area contributed by atoms with E-state index in [1.165, 1.54) is 18.3 Å². The first-order valence-corrected chi connectivity index (χ1v) is 11.3. The molecule has 30 heavy (non-hydrogen) atoms. The molecule has 2 N–H and O–H groups in total. The first-order chi connectivity index (χ1) is 14.3. The van der Waals surface area contributed by atoms with Crippen LogP contribution in [0.3, 0.4) is 0 Å². The number of ether oxygens (including phenoxy) is 2. The third-order valence-electron chi connectivity index (χ3n) is 4.87. The average molecular weight is 427 g/mol. The maximum atomic E-state index is 12.9. The number of nitrogens with one attached hydrogen (secondary N) is 2. The van der Waals surface area contributed by atoms with Gasteiger partial charge in [0, 0.05) is 11.8 Å². The quantitative estimate of drug-likeness (QED) is 0.648. The number of rotatable bonds is 5. The van der Waals surface area contributed by atoms with Crippen molar-refractivity contribution < 1.29 is 22.7 Å². The summed E-state index contributed by atoms with van der Waals surface area (Å²) >= 11 is 0. The van der Waals surface area contributed by atoms with Crippen molar-refractivity contribution >= 4 is 15.7 Å². The molecular formula is C21H21N3O5S. The van der Waals surface area contributed by atoms with E-state index in [2.05, 4.69) is 15.5 Å². The van der Waals surface area contributed by atoms with Crippen molar-refractivity contribution in [3.63, 3.8) is 0 Å². The number of fused-ring (bicyclic) bond motifs is 1. The number of aromatic nitrogens is 2. The van der Waals surface area contributed by atoms with E-state index in [0.29, 0.717) is 36.0 Å². The molecule has 156 valence electrons. The Balaban J connectivity index is 1.53. The minimum absolute atomic E-state index is 0.237. The molecule has 0 saturated heterocycles. The maximum absolute atomic E-state index is 12.9. The second-order valence-corrected chi connectivity index (χ2v) is 9.07. The van der Waals surface area contributed by atoms with Gasteiger partial charge in [0.1, 0.15) is 13.2 Å². The van der Waals surface area contributed by atoms with Crippen molar-refractivity contribution in [1.29, 1.82) is 0 Å². The molecule has 2 aromatic carbocycles. The van der Waals surface area contributed by atoms with Crippen LogP contribution < -0.4 is 14.8 Å². The Bertz CT molecular complexity index is 1190. The van der Waals surface area contributed by atoms with Gasteiger partial charge in [-0.3, -0.25) is 9.89 Å². The molecule has 3 aromatic rings. The Morgan fingerprint density at radius 2 is 1.80 bits per heavy atom. The number of hydrogen-bond donors (Lipinski definition) is 2. The number of sulfone groups is 1. The summed E-state index contributed by atoms with van der Waals surface area (Å²) in [5.41, 5.74) is 2.52. The minimum Gasteiger partial charge on any atom is -0.486 e. The second-order valence-electron chi connectivity index (χ2n) is 7.05. The highest BCUT2D eigenvalue weighted by atomic mass is 32.2. The molecule has 0 fully saturated rings. The molecule has 8 nitrogen and oxygen atoms in total. The number of amides is 1. The molecule has 0 spiro atoms. The molecule has 0 aliphatic carbocycles. The number of hydrogen-bond acceptors (Lipinski definition) is 6. The smallest absolute Gasteiger partial charge is 0.255 e. The molecule has 1 amide bonds. The van der Waals surface area contributed by atoms with Crippen molar-refractivity contribution in [3.05, 3.63) is 59.8 Å². The van der Waals surface area contributed by atoms with Crippen molar-refractivity contribution in [1.82, 2.24) is 15.5 Å². The van der Waals surface area contributed by atoms with Gasteiger partial charge in [0.15, 0.2) is 21.3 Å². The molecule has 0 saturated carbocycles. The first-order valence-electron chi connectivity index (χ1n) is 9.37. The van der Waals surface area contributed by atoms with Gasteiger partial charge in [0.05, 0.1) is 28.4 Å². The molecule has 0 radical (unpaired) electrons. The number of H-pyrrole nitrogens is 1. The molecule has 1 aliphatic heterocycles. The number of aromatic amines is 1. The standard InChI is InChI=1S/C21H21N3O5S/c1-13(14-3-6-16(7-4-14)30(2,26)27)23-21(25)17-12-22-24-20(17)15-5-8-18-19(11-15)29-10-9-28-18/h3-8,11-13H,9-10H2,1-2H3,(H,22,24)(H,23,25)/t13-/m0/s1. The van der Waals surface area contributed by atoms with Gasteiger partial charge in [-0.15, -0.1) is 0 Å². The number of benzene rings is 2. The first kappa shape index (κ1) is 20.0. The van der Waals surface area contributed by atoms with Crippen LogP contribution in [0.1, 0.15) is 28.9 Å². The lowest BCUT2D eigenvalue weighted by atomic mass is 10.1. The van der Waals surface area contributed by atoms with E-state index in [-0.39, 0.29) is 16.8 Å². The second kappa shape index (κ2) is 7.83. The molecule has 1 atom stereocenters. The van der Waals surface area contributed by atoms with Crippen molar-refractivity contribution in [2.45, 2.75) is 17.9 Å². The molecule has 1 aromatic heterocycles. The Morgan fingerprint density at radius 1 is 1.10 bits per heavy atom. The van der Waals surface area contributed by atoms with Crippen molar-refractivity contribution in [2.75, 3.05) is 19.5 Å². The van der Waals surface area contributed by atoms with Gasteiger partial charge in [-0.2, -0.15) is 5.10 Å². The number of carbonyl (C=O) groups excluding carboxylic acids is 1. The lowest BCUT2D eigenvalue weighted by Gasteiger charge is -2.19. The topological polar surface area (TPSA) is 110 Å².